The van der Waals surface area contributed by atoms with Gasteiger partial charge >= 0.3 is 6.03 Å². The number of nitrogens with one attached hydrogen (secondary N) is 1. The predicted molar refractivity (Wildman–Crippen MR) is 81.0 cm³/mol. The molecule has 0 saturated carbocycles. The van der Waals surface area contributed by atoms with Crippen molar-refractivity contribution in [3.8, 4) is 0 Å². The fraction of sp³-hybridized carbons (Fsp3) is 0.429. The third-order valence-electron chi connectivity index (χ3n) is 3.68. The maximum Gasteiger partial charge on any atom is 0.329 e. The van der Waals surface area contributed by atoms with Crippen molar-refractivity contribution in [2.45, 2.75) is 12.6 Å². The average molecular weight is 354 g/mol. The van der Waals surface area contributed by atoms with Crippen LogP contribution in [0.2, 0.25) is 0 Å². The van der Waals surface area contributed by atoms with Crippen molar-refractivity contribution in [3.05, 3.63) is 28.7 Å². The molecule has 6 nitrogen and oxygen atoms in total. The molecule has 2 aliphatic heterocycles. The van der Waals surface area contributed by atoms with Gasteiger partial charge in [0.25, 0.3) is 0 Å². The molecule has 1 atom stereocenters. The maximum absolute atomic E-state index is 12.3. The van der Waals surface area contributed by atoms with E-state index in [9.17, 15) is 9.59 Å². The van der Waals surface area contributed by atoms with Gasteiger partial charge in [0.15, 0.2) is 0 Å². The first-order valence-electron chi connectivity index (χ1n) is 6.86. The molecule has 0 spiro atoms. The van der Waals surface area contributed by atoms with Crippen molar-refractivity contribution in [2.75, 3.05) is 31.2 Å². The van der Waals surface area contributed by atoms with Crippen LogP contribution in [0.25, 0.3) is 0 Å². The van der Waals surface area contributed by atoms with E-state index in [1.807, 2.05) is 12.1 Å². The van der Waals surface area contributed by atoms with E-state index in [0.717, 1.165) is 17.6 Å². The second-order valence-electron chi connectivity index (χ2n) is 5.02. The summed E-state index contributed by atoms with van der Waals surface area (Å²) >= 11 is 3.34. The first-order valence-corrected chi connectivity index (χ1v) is 7.65. The number of carbonyl (C=O) groups is 2. The average Bonchev–Trinajstić information content (AvgIpc) is 2.49. The molecule has 0 aliphatic carbocycles. The molecule has 2 aliphatic rings. The summed E-state index contributed by atoms with van der Waals surface area (Å²) < 4.78 is 6.20. The lowest BCUT2D eigenvalue weighted by Crippen LogP contribution is -2.62. The van der Waals surface area contributed by atoms with Gasteiger partial charge in [-0.25, -0.2) is 9.69 Å². The number of anilines is 1. The Bertz CT molecular complexity index is 525. The molecule has 3 amide bonds. The predicted octanol–water partition coefficient (Wildman–Crippen LogP) is 1.55. The summed E-state index contributed by atoms with van der Waals surface area (Å²) in [5.74, 6) is -0.183. The van der Waals surface area contributed by atoms with E-state index in [1.165, 1.54) is 4.90 Å². The summed E-state index contributed by atoms with van der Waals surface area (Å²) in [6, 6.07) is 6.74. The number of benzene rings is 1. The van der Waals surface area contributed by atoms with E-state index < -0.39 is 0 Å². The normalized spacial score (nSPS) is 24.0. The summed E-state index contributed by atoms with van der Waals surface area (Å²) in [6.07, 6.45) is 0.0440. The topological polar surface area (TPSA) is 61.9 Å². The van der Waals surface area contributed by atoms with E-state index in [1.54, 1.807) is 12.1 Å². The third-order valence-corrected chi connectivity index (χ3v) is 4.21. The second-order valence-corrected chi connectivity index (χ2v) is 5.94. The van der Waals surface area contributed by atoms with Crippen LogP contribution in [0.3, 0.4) is 0 Å². The van der Waals surface area contributed by atoms with E-state index in [2.05, 4.69) is 26.1 Å². The number of imide groups is 1. The first-order chi connectivity index (χ1) is 10.1. The lowest BCUT2D eigenvalue weighted by Gasteiger charge is -2.39. The zero-order chi connectivity index (χ0) is 14.8. The number of halogens is 1. The van der Waals surface area contributed by atoms with Crippen molar-refractivity contribution < 1.29 is 14.3 Å². The highest BCUT2D eigenvalue weighted by molar-refractivity contribution is 9.10. The van der Waals surface area contributed by atoms with Gasteiger partial charge in [-0.1, -0.05) is 15.9 Å². The highest BCUT2D eigenvalue weighted by Crippen LogP contribution is 2.22. The molecule has 7 heteroatoms. The van der Waals surface area contributed by atoms with Gasteiger partial charge in [-0.05, 0) is 24.3 Å². The highest BCUT2D eigenvalue weighted by Gasteiger charge is 2.36. The minimum Gasteiger partial charge on any atom is -0.379 e. The number of urea groups is 1. The van der Waals surface area contributed by atoms with Gasteiger partial charge in [0, 0.05) is 17.6 Å². The molecule has 3 rings (SSSR count). The molecular weight excluding hydrogens is 338 g/mol. The minimum absolute atomic E-state index is 0.183. The largest absolute Gasteiger partial charge is 0.379 e. The molecule has 1 aromatic carbocycles. The van der Waals surface area contributed by atoms with Crippen LogP contribution < -0.4 is 10.2 Å². The Morgan fingerprint density at radius 1 is 1.14 bits per heavy atom. The molecule has 0 bridgehead atoms. The van der Waals surface area contributed by atoms with Gasteiger partial charge < -0.3 is 10.1 Å². The summed E-state index contributed by atoms with van der Waals surface area (Å²) in [6.45, 7) is 2.74. The van der Waals surface area contributed by atoms with E-state index in [-0.39, 0.29) is 24.5 Å². The first kappa shape index (κ1) is 14.5. The smallest absolute Gasteiger partial charge is 0.329 e. The van der Waals surface area contributed by atoms with E-state index in [0.29, 0.717) is 18.9 Å². The molecule has 1 aromatic rings. The van der Waals surface area contributed by atoms with Gasteiger partial charge in [0.05, 0.1) is 31.5 Å². The molecule has 1 N–H and O–H groups in total. The van der Waals surface area contributed by atoms with Crippen LogP contribution in [0, 0.1) is 0 Å². The molecule has 0 radical (unpaired) electrons. The Morgan fingerprint density at radius 3 is 2.43 bits per heavy atom. The standard InChI is InChI=1S/C14H16BrN3O3/c15-10-1-3-11(4-2-10)18-13(19)9-12(16-14(18)20)17-5-7-21-8-6-17/h1-4,12H,5-9H2,(H,16,20). The summed E-state index contributed by atoms with van der Waals surface area (Å²) in [4.78, 5) is 27.9. The van der Waals surface area contributed by atoms with E-state index in [4.69, 9.17) is 4.74 Å². The number of morpholine rings is 1. The Balaban J connectivity index is 1.73. The van der Waals surface area contributed by atoms with Crippen molar-refractivity contribution in [3.63, 3.8) is 0 Å². The molecule has 1 unspecified atom stereocenters. The van der Waals surface area contributed by atoms with Gasteiger partial charge in [0.2, 0.25) is 5.91 Å². The SMILES string of the molecule is O=C1CC(N2CCOCC2)NC(=O)N1c1ccc(Br)cc1. The lowest BCUT2D eigenvalue weighted by molar-refractivity contribution is -0.120. The Hall–Kier alpha value is -1.44. The van der Waals surface area contributed by atoms with Crippen LogP contribution in [0.4, 0.5) is 10.5 Å². The zero-order valence-corrected chi connectivity index (χ0v) is 13.0. The Labute approximate surface area is 131 Å². The van der Waals surface area contributed by atoms with Crippen LogP contribution in [-0.4, -0.2) is 49.3 Å². The van der Waals surface area contributed by atoms with E-state index >= 15 is 0 Å². The molecular formula is C14H16BrN3O3. The molecule has 2 saturated heterocycles. The zero-order valence-electron chi connectivity index (χ0n) is 11.4. The second kappa shape index (κ2) is 6.13. The van der Waals surface area contributed by atoms with Gasteiger partial charge in [0.1, 0.15) is 0 Å². The van der Waals surface area contributed by atoms with Crippen LogP contribution in [-0.2, 0) is 9.53 Å². The Morgan fingerprint density at radius 2 is 1.81 bits per heavy atom. The fourth-order valence-corrected chi connectivity index (χ4v) is 2.85. The van der Waals surface area contributed by atoms with Gasteiger partial charge in [-0.3, -0.25) is 9.69 Å². The maximum atomic E-state index is 12.3. The fourth-order valence-electron chi connectivity index (χ4n) is 2.59. The van der Waals surface area contributed by atoms with Crippen LogP contribution >= 0.6 is 15.9 Å². The Kier molecular flexibility index (Phi) is 4.23. The lowest BCUT2D eigenvalue weighted by atomic mass is 10.2. The number of carbonyl (C=O) groups excluding carboxylic acids is 2. The summed E-state index contributed by atoms with van der Waals surface area (Å²) in [7, 11) is 0. The van der Waals surface area contributed by atoms with Crippen molar-refractivity contribution in [2.24, 2.45) is 0 Å². The number of hydrogen-bond donors (Lipinski definition) is 1. The molecule has 112 valence electrons. The number of amides is 3. The number of nitrogens with zero attached hydrogens (tertiary/aromatic N) is 2. The van der Waals surface area contributed by atoms with Crippen LogP contribution in [0.5, 0.6) is 0 Å². The minimum atomic E-state index is -0.370. The quantitative estimate of drug-likeness (QED) is 0.876. The highest BCUT2D eigenvalue weighted by atomic mass is 79.9. The van der Waals surface area contributed by atoms with Gasteiger partial charge in [-0.2, -0.15) is 0 Å². The number of rotatable bonds is 2. The van der Waals surface area contributed by atoms with Gasteiger partial charge in [-0.15, -0.1) is 0 Å². The molecule has 21 heavy (non-hydrogen) atoms. The van der Waals surface area contributed by atoms with Crippen LogP contribution in [0.1, 0.15) is 6.42 Å². The molecule has 2 fully saturated rings. The molecule has 0 aromatic heterocycles. The number of ether oxygens (including phenoxy) is 1. The summed E-state index contributed by atoms with van der Waals surface area (Å²) in [5, 5.41) is 2.90. The summed E-state index contributed by atoms with van der Waals surface area (Å²) in [5.41, 5.74) is 0.584. The van der Waals surface area contributed by atoms with Crippen molar-refractivity contribution in [1.29, 1.82) is 0 Å². The van der Waals surface area contributed by atoms with Crippen molar-refractivity contribution >= 4 is 33.6 Å². The van der Waals surface area contributed by atoms with Crippen molar-refractivity contribution in [1.82, 2.24) is 10.2 Å². The third kappa shape index (κ3) is 3.09. The monoisotopic (exact) mass is 353 g/mol. The van der Waals surface area contributed by atoms with Crippen LogP contribution in [0.15, 0.2) is 28.7 Å². The molecule has 2 heterocycles. The number of hydrogen-bond acceptors (Lipinski definition) is 4.